The number of nitrogens with one attached hydrogen (secondary N) is 1. The Morgan fingerprint density at radius 2 is 2.10 bits per heavy atom. The molecule has 0 saturated carbocycles. The summed E-state index contributed by atoms with van der Waals surface area (Å²) in [4.78, 5) is 14.6. The van der Waals surface area contributed by atoms with E-state index in [-0.39, 0.29) is 17.7 Å². The van der Waals surface area contributed by atoms with Gasteiger partial charge in [-0.3, -0.25) is 9.69 Å². The number of halogens is 1. The normalized spacial score (nSPS) is 12.2. The zero-order valence-electron chi connectivity index (χ0n) is 17.7. The van der Waals surface area contributed by atoms with Gasteiger partial charge in [-0.25, -0.2) is 0 Å². The van der Waals surface area contributed by atoms with E-state index >= 15 is 0 Å². The number of anilines is 1. The molecule has 29 heavy (non-hydrogen) atoms. The molecule has 0 bridgehead atoms. The summed E-state index contributed by atoms with van der Waals surface area (Å²) in [5.41, 5.74) is 0.633. The third kappa shape index (κ3) is 6.35. The van der Waals surface area contributed by atoms with Gasteiger partial charge in [-0.15, -0.1) is 10.2 Å². The minimum atomic E-state index is -0.123. The molecule has 1 atom stereocenters. The van der Waals surface area contributed by atoms with Gasteiger partial charge >= 0.3 is 0 Å². The number of nitrogens with zero attached hydrogens (tertiary/aromatic N) is 4. The van der Waals surface area contributed by atoms with Crippen molar-refractivity contribution >= 4 is 35.0 Å². The van der Waals surface area contributed by atoms with Crippen LogP contribution < -0.4 is 10.1 Å². The van der Waals surface area contributed by atoms with Crippen LogP contribution in [-0.4, -0.2) is 52.5 Å². The van der Waals surface area contributed by atoms with Crippen molar-refractivity contribution in [2.24, 2.45) is 0 Å². The van der Waals surface area contributed by atoms with Crippen LogP contribution in [0.5, 0.6) is 5.75 Å². The average Bonchev–Trinajstić information content (AvgIpc) is 3.07. The van der Waals surface area contributed by atoms with Crippen LogP contribution in [0.25, 0.3) is 0 Å². The molecule has 0 aliphatic heterocycles. The SMILES string of the molecule is CCCCn1c(SCC(=O)Nc2ccc(OC)c(Cl)c2)nnc1C(CC)N(C)C. The predicted octanol–water partition coefficient (Wildman–Crippen LogP) is 4.48. The maximum absolute atomic E-state index is 12.4. The zero-order valence-corrected chi connectivity index (χ0v) is 19.3. The standard InChI is InChI=1S/C20H30ClN5O2S/c1-6-8-11-26-19(16(7-2)25(3)4)23-24-20(26)29-13-18(27)22-14-9-10-17(28-5)15(21)12-14/h9-10,12,16H,6-8,11,13H2,1-5H3,(H,22,27). The summed E-state index contributed by atoms with van der Waals surface area (Å²) < 4.78 is 7.29. The smallest absolute Gasteiger partial charge is 0.234 e. The van der Waals surface area contributed by atoms with Crippen LogP contribution in [-0.2, 0) is 11.3 Å². The summed E-state index contributed by atoms with van der Waals surface area (Å²) in [6.07, 6.45) is 3.07. The van der Waals surface area contributed by atoms with Crippen molar-refractivity contribution in [3.05, 3.63) is 29.0 Å². The first-order valence-electron chi connectivity index (χ1n) is 9.76. The van der Waals surface area contributed by atoms with Crippen molar-refractivity contribution < 1.29 is 9.53 Å². The molecule has 0 aliphatic rings. The summed E-state index contributed by atoms with van der Waals surface area (Å²) in [6, 6.07) is 5.36. The van der Waals surface area contributed by atoms with Crippen molar-refractivity contribution in [2.45, 2.75) is 50.9 Å². The van der Waals surface area contributed by atoms with Crippen molar-refractivity contribution in [1.82, 2.24) is 19.7 Å². The molecule has 1 aromatic heterocycles. The van der Waals surface area contributed by atoms with Crippen LogP contribution in [0.3, 0.4) is 0 Å². The minimum absolute atomic E-state index is 0.123. The Bertz CT molecular complexity index is 812. The van der Waals surface area contributed by atoms with Gasteiger partial charge in [-0.05, 0) is 45.1 Å². The van der Waals surface area contributed by atoms with Crippen molar-refractivity contribution in [3.63, 3.8) is 0 Å². The van der Waals surface area contributed by atoms with Gasteiger partial charge in [0, 0.05) is 12.2 Å². The second-order valence-electron chi connectivity index (χ2n) is 6.92. The maximum Gasteiger partial charge on any atom is 0.234 e. The van der Waals surface area contributed by atoms with Crippen LogP contribution in [0.2, 0.25) is 5.02 Å². The molecular weight excluding hydrogens is 410 g/mol. The molecule has 1 N–H and O–H groups in total. The third-order valence-electron chi connectivity index (χ3n) is 4.56. The molecule has 0 saturated heterocycles. The summed E-state index contributed by atoms with van der Waals surface area (Å²) >= 11 is 7.52. The molecule has 9 heteroatoms. The molecule has 0 fully saturated rings. The summed E-state index contributed by atoms with van der Waals surface area (Å²) in [5.74, 6) is 1.65. The molecule has 1 amide bonds. The average molecular weight is 440 g/mol. The minimum Gasteiger partial charge on any atom is -0.495 e. The predicted molar refractivity (Wildman–Crippen MR) is 119 cm³/mol. The van der Waals surface area contributed by atoms with Gasteiger partial charge in [0.15, 0.2) is 11.0 Å². The molecule has 1 aromatic carbocycles. The molecule has 1 unspecified atom stereocenters. The van der Waals surface area contributed by atoms with Gasteiger partial charge in [0.25, 0.3) is 0 Å². The number of benzene rings is 1. The number of methoxy groups -OCH3 is 1. The fourth-order valence-corrected chi connectivity index (χ4v) is 4.06. The van der Waals surface area contributed by atoms with Gasteiger partial charge in [0.05, 0.1) is 23.9 Å². The van der Waals surface area contributed by atoms with E-state index in [1.54, 1.807) is 25.3 Å². The van der Waals surface area contributed by atoms with E-state index in [9.17, 15) is 4.79 Å². The van der Waals surface area contributed by atoms with Gasteiger partial charge in [0.2, 0.25) is 5.91 Å². The van der Waals surface area contributed by atoms with E-state index in [0.29, 0.717) is 16.5 Å². The number of carbonyl (C=O) groups excluding carboxylic acids is 1. The number of hydrogen-bond donors (Lipinski definition) is 1. The topological polar surface area (TPSA) is 72.3 Å². The highest BCUT2D eigenvalue weighted by molar-refractivity contribution is 7.99. The number of hydrogen-bond acceptors (Lipinski definition) is 6. The fraction of sp³-hybridized carbons (Fsp3) is 0.550. The number of amides is 1. The molecule has 7 nitrogen and oxygen atoms in total. The lowest BCUT2D eigenvalue weighted by Crippen LogP contribution is -2.23. The Labute approximate surface area is 182 Å². The molecular formula is C20H30ClN5O2S. The number of carbonyl (C=O) groups is 1. The lowest BCUT2D eigenvalue weighted by molar-refractivity contribution is -0.113. The van der Waals surface area contributed by atoms with E-state index in [0.717, 1.165) is 36.8 Å². The Balaban J connectivity index is 2.07. The van der Waals surface area contributed by atoms with Crippen molar-refractivity contribution in [2.75, 3.05) is 32.3 Å². The molecule has 160 valence electrons. The van der Waals surface area contributed by atoms with E-state index < -0.39 is 0 Å². The number of unbranched alkanes of at least 4 members (excludes halogenated alkanes) is 1. The zero-order chi connectivity index (χ0) is 21.4. The van der Waals surface area contributed by atoms with Crippen molar-refractivity contribution in [3.8, 4) is 5.75 Å². The Morgan fingerprint density at radius 1 is 1.34 bits per heavy atom. The number of rotatable bonds is 11. The highest BCUT2D eigenvalue weighted by atomic mass is 35.5. The Hall–Kier alpha value is -1.77. The first-order valence-corrected chi connectivity index (χ1v) is 11.1. The Morgan fingerprint density at radius 3 is 2.69 bits per heavy atom. The highest BCUT2D eigenvalue weighted by Crippen LogP contribution is 2.28. The molecule has 2 aromatic rings. The summed E-state index contributed by atoms with van der Waals surface area (Å²) in [7, 11) is 5.65. The van der Waals surface area contributed by atoms with Crippen LogP contribution in [0.15, 0.2) is 23.4 Å². The molecule has 1 heterocycles. The van der Waals surface area contributed by atoms with Crippen LogP contribution in [0.4, 0.5) is 5.69 Å². The second-order valence-corrected chi connectivity index (χ2v) is 8.27. The lowest BCUT2D eigenvalue weighted by Gasteiger charge is -2.23. The monoisotopic (exact) mass is 439 g/mol. The highest BCUT2D eigenvalue weighted by Gasteiger charge is 2.22. The molecule has 0 aliphatic carbocycles. The lowest BCUT2D eigenvalue weighted by atomic mass is 10.2. The van der Waals surface area contributed by atoms with E-state index in [2.05, 4.69) is 38.8 Å². The molecule has 0 spiro atoms. The van der Waals surface area contributed by atoms with Gasteiger partial charge < -0.3 is 14.6 Å². The van der Waals surface area contributed by atoms with E-state index in [1.807, 2.05) is 14.1 Å². The van der Waals surface area contributed by atoms with Crippen LogP contribution in [0.1, 0.15) is 45.0 Å². The van der Waals surface area contributed by atoms with Gasteiger partial charge in [-0.1, -0.05) is 43.6 Å². The molecule has 2 rings (SSSR count). The fourth-order valence-electron chi connectivity index (χ4n) is 3.03. The first-order chi connectivity index (χ1) is 13.9. The first kappa shape index (κ1) is 23.5. The number of thioether (sulfide) groups is 1. The van der Waals surface area contributed by atoms with Gasteiger partial charge in [-0.2, -0.15) is 0 Å². The molecule has 0 radical (unpaired) electrons. The van der Waals surface area contributed by atoms with Crippen LogP contribution in [0, 0.1) is 0 Å². The number of ether oxygens (including phenoxy) is 1. The summed E-state index contributed by atoms with van der Waals surface area (Å²) in [5, 5.41) is 12.9. The van der Waals surface area contributed by atoms with E-state index in [1.165, 1.54) is 11.8 Å². The second kappa shape index (κ2) is 11.4. The van der Waals surface area contributed by atoms with Gasteiger partial charge in [0.1, 0.15) is 5.75 Å². The van der Waals surface area contributed by atoms with Crippen LogP contribution >= 0.6 is 23.4 Å². The third-order valence-corrected chi connectivity index (χ3v) is 5.82. The quantitative estimate of drug-likeness (QED) is 0.520. The van der Waals surface area contributed by atoms with Crippen molar-refractivity contribution in [1.29, 1.82) is 0 Å². The largest absolute Gasteiger partial charge is 0.495 e. The maximum atomic E-state index is 12.4. The summed E-state index contributed by atoms with van der Waals surface area (Å²) in [6.45, 7) is 5.15. The Kier molecular flexibility index (Phi) is 9.26. The van der Waals surface area contributed by atoms with E-state index in [4.69, 9.17) is 16.3 Å². The number of aromatic nitrogens is 3.